The molecule has 0 aliphatic carbocycles. The molecular formula is C19H19NO3. The summed E-state index contributed by atoms with van der Waals surface area (Å²) < 4.78 is 6.06. The average molecular weight is 309 g/mol. The van der Waals surface area contributed by atoms with Gasteiger partial charge in [0.1, 0.15) is 0 Å². The highest BCUT2D eigenvalue weighted by molar-refractivity contribution is 5.88. The van der Waals surface area contributed by atoms with Gasteiger partial charge in [-0.05, 0) is 36.6 Å². The van der Waals surface area contributed by atoms with E-state index in [2.05, 4.69) is 29.6 Å². The molecule has 0 unspecified atom stereocenters. The minimum atomic E-state index is -0.898. The molecular weight excluding hydrogens is 290 g/mol. The predicted octanol–water partition coefficient (Wildman–Crippen LogP) is 4.02. The van der Waals surface area contributed by atoms with Gasteiger partial charge in [0.15, 0.2) is 0 Å². The molecule has 1 saturated heterocycles. The summed E-state index contributed by atoms with van der Waals surface area (Å²) in [5.41, 5.74) is 3.52. The molecule has 0 radical (unpaired) electrons. The van der Waals surface area contributed by atoms with Crippen LogP contribution in [0, 0.1) is 5.92 Å². The van der Waals surface area contributed by atoms with Gasteiger partial charge in [-0.2, -0.15) is 0 Å². The highest BCUT2D eigenvalue weighted by Crippen LogP contribution is 2.49. The highest BCUT2D eigenvalue weighted by atomic mass is 16.5. The molecule has 1 fully saturated rings. The van der Waals surface area contributed by atoms with E-state index in [4.69, 9.17) is 4.74 Å². The number of anilines is 1. The van der Waals surface area contributed by atoms with Gasteiger partial charge in [0.2, 0.25) is 0 Å². The van der Waals surface area contributed by atoms with Crippen molar-refractivity contribution in [1.29, 1.82) is 0 Å². The third-order valence-corrected chi connectivity index (χ3v) is 4.87. The molecule has 118 valence electrons. The maximum atomic E-state index is 11.3. The van der Waals surface area contributed by atoms with Gasteiger partial charge >= 0.3 is 5.97 Å². The molecule has 4 nitrogen and oxygen atoms in total. The molecule has 0 spiro atoms. The van der Waals surface area contributed by atoms with E-state index in [1.807, 2.05) is 12.1 Å². The second-order valence-corrected chi connectivity index (χ2v) is 6.24. The molecule has 4 rings (SSSR count). The van der Waals surface area contributed by atoms with Crippen molar-refractivity contribution in [2.24, 2.45) is 5.92 Å². The van der Waals surface area contributed by atoms with Gasteiger partial charge in [0, 0.05) is 23.8 Å². The topological polar surface area (TPSA) is 58.6 Å². The monoisotopic (exact) mass is 309 g/mol. The number of fused-ring (bicyclic) bond motifs is 3. The average Bonchev–Trinajstić information content (AvgIpc) is 2.61. The fraction of sp³-hybridized carbons (Fsp3) is 0.316. The number of hydrogen-bond acceptors (Lipinski definition) is 3. The first-order chi connectivity index (χ1) is 11.2. The molecule has 23 heavy (non-hydrogen) atoms. The van der Waals surface area contributed by atoms with Crippen LogP contribution >= 0.6 is 0 Å². The lowest BCUT2D eigenvalue weighted by Crippen LogP contribution is -2.36. The van der Waals surface area contributed by atoms with Crippen LogP contribution in [-0.4, -0.2) is 17.7 Å². The van der Waals surface area contributed by atoms with E-state index >= 15 is 0 Å². The van der Waals surface area contributed by atoms with E-state index in [0.717, 1.165) is 30.7 Å². The van der Waals surface area contributed by atoms with Crippen LogP contribution in [0.1, 0.15) is 46.5 Å². The van der Waals surface area contributed by atoms with E-state index < -0.39 is 5.97 Å². The standard InChI is InChI=1S/C19H19NO3/c21-19(22)13-8-9-16-15(11-13)18-14(7-4-10-23-18)17(20-16)12-5-2-1-3-6-12/h1-3,5-6,8-9,11,14,17-18,20H,4,7,10H2,(H,21,22)/t14-,17-,18-/m0/s1. The summed E-state index contributed by atoms with van der Waals surface area (Å²) in [7, 11) is 0. The van der Waals surface area contributed by atoms with Crippen molar-refractivity contribution in [3.05, 3.63) is 65.2 Å². The predicted molar refractivity (Wildman–Crippen MR) is 87.6 cm³/mol. The SMILES string of the molecule is O=C(O)c1ccc2c(c1)[C@H]1OCCC[C@H]1[C@H](c1ccccc1)N2. The van der Waals surface area contributed by atoms with Gasteiger partial charge in [-0.25, -0.2) is 4.79 Å². The van der Waals surface area contributed by atoms with Crippen molar-refractivity contribution < 1.29 is 14.6 Å². The summed E-state index contributed by atoms with van der Waals surface area (Å²) in [6.45, 7) is 0.736. The number of hydrogen-bond donors (Lipinski definition) is 2. The molecule has 0 amide bonds. The van der Waals surface area contributed by atoms with Crippen LogP contribution < -0.4 is 5.32 Å². The zero-order chi connectivity index (χ0) is 15.8. The molecule has 0 saturated carbocycles. The second-order valence-electron chi connectivity index (χ2n) is 6.24. The number of rotatable bonds is 2. The van der Waals surface area contributed by atoms with Crippen molar-refractivity contribution in [3.63, 3.8) is 0 Å². The summed E-state index contributed by atoms with van der Waals surface area (Å²) in [6.07, 6.45) is 2.08. The zero-order valence-electron chi connectivity index (χ0n) is 12.7. The Morgan fingerprint density at radius 3 is 2.78 bits per heavy atom. The lowest BCUT2D eigenvalue weighted by molar-refractivity contribution is -0.0381. The van der Waals surface area contributed by atoms with Gasteiger partial charge in [0.05, 0.1) is 17.7 Å². The third kappa shape index (κ3) is 2.49. The fourth-order valence-corrected chi connectivity index (χ4v) is 3.79. The molecule has 0 aromatic heterocycles. The maximum Gasteiger partial charge on any atom is 0.335 e. The minimum Gasteiger partial charge on any atom is -0.478 e. The number of ether oxygens (including phenoxy) is 1. The van der Waals surface area contributed by atoms with Crippen LogP contribution in [0.3, 0.4) is 0 Å². The first-order valence-electron chi connectivity index (χ1n) is 8.04. The Labute approximate surface area is 135 Å². The fourth-order valence-electron chi connectivity index (χ4n) is 3.79. The van der Waals surface area contributed by atoms with Gasteiger partial charge in [-0.15, -0.1) is 0 Å². The number of aromatic carboxylic acids is 1. The Bertz CT molecular complexity index is 729. The molecule has 2 aromatic rings. The zero-order valence-corrected chi connectivity index (χ0v) is 12.7. The Balaban J connectivity index is 1.78. The van der Waals surface area contributed by atoms with E-state index in [1.165, 1.54) is 5.56 Å². The van der Waals surface area contributed by atoms with Crippen molar-refractivity contribution in [2.45, 2.75) is 25.0 Å². The number of carboxylic acid groups (broad SMARTS) is 1. The van der Waals surface area contributed by atoms with Crippen LogP contribution in [0.2, 0.25) is 0 Å². The number of benzene rings is 2. The molecule has 2 heterocycles. The molecule has 2 aliphatic rings. The van der Waals surface area contributed by atoms with E-state index in [-0.39, 0.29) is 12.1 Å². The molecule has 2 N–H and O–H groups in total. The molecule has 3 atom stereocenters. The van der Waals surface area contributed by atoms with Gasteiger partial charge in [-0.1, -0.05) is 30.3 Å². The summed E-state index contributed by atoms with van der Waals surface area (Å²) in [6, 6.07) is 15.9. The first kappa shape index (κ1) is 14.3. The van der Waals surface area contributed by atoms with E-state index in [1.54, 1.807) is 12.1 Å². The minimum absolute atomic E-state index is 0.0375. The van der Waals surface area contributed by atoms with Crippen molar-refractivity contribution in [3.8, 4) is 0 Å². The normalized spacial score (nSPS) is 25.8. The Morgan fingerprint density at radius 2 is 2.00 bits per heavy atom. The molecule has 0 bridgehead atoms. The van der Waals surface area contributed by atoms with Crippen molar-refractivity contribution >= 4 is 11.7 Å². The molecule has 4 heteroatoms. The van der Waals surface area contributed by atoms with Crippen LogP contribution in [0.4, 0.5) is 5.69 Å². The van der Waals surface area contributed by atoms with Crippen molar-refractivity contribution in [2.75, 3.05) is 11.9 Å². The highest BCUT2D eigenvalue weighted by Gasteiger charge is 2.39. The van der Waals surface area contributed by atoms with Crippen LogP contribution in [0.15, 0.2) is 48.5 Å². The summed E-state index contributed by atoms with van der Waals surface area (Å²) in [5, 5.41) is 12.9. The summed E-state index contributed by atoms with van der Waals surface area (Å²) in [5.74, 6) is -0.576. The quantitative estimate of drug-likeness (QED) is 0.879. The van der Waals surface area contributed by atoms with Gasteiger partial charge in [0.25, 0.3) is 0 Å². The van der Waals surface area contributed by atoms with Crippen LogP contribution in [0.5, 0.6) is 0 Å². The maximum absolute atomic E-state index is 11.3. The largest absolute Gasteiger partial charge is 0.478 e. The lowest BCUT2D eigenvalue weighted by Gasteiger charge is -2.43. The Hall–Kier alpha value is -2.33. The Morgan fingerprint density at radius 1 is 1.17 bits per heavy atom. The number of carboxylic acids is 1. The van der Waals surface area contributed by atoms with Crippen LogP contribution in [-0.2, 0) is 4.74 Å². The second kappa shape index (κ2) is 5.70. The first-order valence-corrected chi connectivity index (χ1v) is 8.04. The van der Waals surface area contributed by atoms with Crippen molar-refractivity contribution in [1.82, 2.24) is 0 Å². The van der Waals surface area contributed by atoms with Gasteiger partial charge < -0.3 is 15.2 Å². The van der Waals surface area contributed by atoms with Gasteiger partial charge in [-0.3, -0.25) is 0 Å². The summed E-state index contributed by atoms with van der Waals surface area (Å²) in [4.78, 5) is 11.3. The summed E-state index contributed by atoms with van der Waals surface area (Å²) >= 11 is 0. The van der Waals surface area contributed by atoms with E-state index in [0.29, 0.717) is 11.5 Å². The number of carbonyl (C=O) groups is 1. The van der Waals surface area contributed by atoms with E-state index in [9.17, 15) is 9.90 Å². The number of nitrogens with one attached hydrogen (secondary N) is 1. The Kier molecular flexibility index (Phi) is 3.54. The molecule has 2 aliphatic heterocycles. The van der Waals surface area contributed by atoms with Crippen LogP contribution in [0.25, 0.3) is 0 Å². The third-order valence-electron chi connectivity index (χ3n) is 4.87. The lowest BCUT2D eigenvalue weighted by atomic mass is 9.77. The molecule has 2 aromatic carbocycles. The smallest absolute Gasteiger partial charge is 0.335 e.